The van der Waals surface area contributed by atoms with Crippen LogP contribution in [0.1, 0.15) is 12.8 Å². The Bertz CT molecular complexity index is 364. The first-order chi connectivity index (χ1) is 6.65. The van der Waals surface area contributed by atoms with E-state index in [1.54, 1.807) is 0 Å². The first kappa shape index (κ1) is 12.9. The van der Waals surface area contributed by atoms with Gasteiger partial charge in [0, 0.05) is 0 Å². The molecule has 0 saturated heterocycles. The molecule has 0 aromatic carbocycles. The Hall–Kier alpha value is -0.160. The Morgan fingerprint density at radius 3 is 1.87 bits per heavy atom. The molecule has 0 radical (unpaired) electrons. The van der Waals surface area contributed by atoms with Gasteiger partial charge in [-0.05, 0) is 19.0 Å². The predicted molar refractivity (Wildman–Crippen MR) is 53.2 cm³/mol. The average Bonchev–Trinajstić information content (AvgIpc) is 2.76. The van der Waals surface area contributed by atoms with Crippen molar-refractivity contribution >= 4 is 15.2 Å². The minimum Gasteiger partial charge on any atom is -0.405 e. The highest BCUT2D eigenvalue weighted by Gasteiger charge is 2.65. The topological polar surface area (TPSA) is 141 Å². The van der Waals surface area contributed by atoms with Gasteiger partial charge in [0.1, 0.15) is 0 Å². The molecular formula is C6H13NO6P2. The molecule has 9 heteroatoms. The van der Waals surface area contributed by atoms with Gasteiger partial charge >= 0.3 is 15.2 Å². The molecule has 1 rings (SSSR count). The predicted octanol–water partition coefficient (Wildman–Crippen LogP) is -0.285. The van der Waals surface area contributed by atoms with Crippen molar-refractivity contribution < 1.29 is 28.7 Å². The molecule has 1 aliphatic carbocycles. The summed E-state index contributed by atoms with van der Waals surface area (Å²) < 4.78 is 22.3. The van der Waals surface area contributed by atoms with E-state index in [1.807, 2.05) is 0 Å². The lowest BCUT2D eigenvalue weighted by atomic mass is 10.3. The van der Waals surface area contributed by atoms with Gasteiger partial charge in [0.25, 0.3) is 0 Å². The summed E-state index contributed by atoms with van der Waals surface area (Å²) in [6.45, 7) is 0. The molecule has 1 atom stereocenters. The summed E-state index contributed by atoms with van der Waals surface area (Å²) in [5, 5.41) is -1.62. The van der Waals surface area contributed by atoms with E-state index in [2.05, 4.69) is 0 Å². The van der Waals surface area contributed by atoms with Crippen molar-refractivity contribution in [1.29, 1.82) is 0 Å². The summed E-state index contributed by atoms with van der Waals surface area (Å²) in [7, 11) is -9.15. The minimum absolute atomic E-state index is 0.0946. The van der Waals surface area contributed by atoms with Crippen LogP contribution in [0.2, 0.25) is 0 Å². The second kappa shape index (κ2) is 3.70. The molecule has 0 aromatic heterocycles. The Balaban J connectivity index is 3.13. The zero-order chi connectivity index (χ0) is 11.9. The van der Waals surface area contributed by atoms with Crippen LogP contribution in [0.15, 0.2) is 12.3 Å². The summed E-state index contributed by atoms with van der Waals surface area (Å²) >= 11 is 0. The van der Waals surface area contributed by atoms with Gasteiger partial charge in [0.2, 0.25) is 0 Å². The summed E-state index contributed by atoms with van der Waals surface area (Å²) in [6, 6.07) is 0. The van der Waals surface area contributed by atoms with Crippen LogP contribution in [0.4, 0.5) is 0 Å². The fraction of sp³-hybridized carbons (Fsp3) is 0.667. The number of hydrogen-bond donors (Lipinski definition) is 5. The second-order valence-corrected chi connectivity index (χ2v) is 7.28. The van der Waals surface area contributed by atoms with Crippen LogP contribution in [0.25, 0.3) is 0 Å². The lowest BCUT2D eigenvalue weighted by Crippen LogP contribution is -2.27. The normalized spacial score (nSPS) is 22.9. The highest BCUT2D eigenvalue weighted by atomic mass is 31.2. The Kier molecular flexibility index (Phi) is 3.18. The molecule has 0 spiro atoms. The van der Waals surface area contributed by atoms with Crippen molar-refractivity contribution in [3.8, 4) is 0 Å². The van der Waals surface area contributed by atoms with Crippen molar-refractivity contribution in [3.63, 3.8) is 0 Å². The SMILES string of the molecule is NC=CC(C1(P(=O)(O)O)CC1)P(=O)(O)O. The van der Waals surface area contributed by atoms with Crippen LogP contribution >= 0.6 is 15.2 Å². The quantitative estimate of drug-likeness (QED) is 0.436. The number of allylic oxidation sites excluding steroid dienone is 1. The van der Waals surface area contributed by atoms with Crippen LogP contribution in [0, 0.1) is 0 Å². The molecule has 15 heavy (non-hydrogen) atoms. The molecule has 0 aliphatic heterocycles. The monoisotopic (exact) mass is 257 g/mol. The largest absolute Gasteiger partial charge is 0.405 e. The molecule has 1 saturated carbocycles. The number of rotatable bonds is 4. The fourth-order valence-corrected chi connectivity index (χ4v) is 4.83. The first-order valence-corrected chi connectivity index (χ1v) is 7.44. The first-order valence-electron chi connectivity index (χ1n) is 4.14. The standard InChI is InChI=1S/C6H13NO6P2/c7-4-1-5(14(8,9)10)6(2-3-6)15(11,12)13/h1,4-5H,2-3,7H2,(H2,8,9,10)(H2,11,12,13). The van der Waals surface area contributed by atoms with E-state index in [9.17, 15) is 9.13 Å². The Morgan fingerprint density at radius 1 is 1.20 bits per heavy atom. The van der Waals surface area contributed by atoms with Crippen molar-refractivity contribution in [3.05, 3.63) is 12.3 Å². The molecule has 0 heterocycles. The fourth-order valence-electron chi connectivity index (χ4n) is 1.60. The van der Waals surface area contributed by atoms with Gasteiger partial charge in [-0.15, -0.1) is 0 Å². The summed E-state index contributed by atoms with van der Waals surface area (Å²) in [4.78, 5) is 36.1. The summed E-state index contributed by atoms with van der Waals surface area (Å²) in [5.41, 5.74) is 3.51. The zero-order valence-corrected chi connectivity index (χ0v) is 9.51. The van der Waals surface area contributed by atoms with Crippen molar-refractivity contribution in [1.82, 2.24) is 0 Å². The molecule has 7 nitrogen and oxygen atoms in total. The molecule has 0 amide bonds. The van der Waals surface area contributed by atoms with E-state index >= 15 is 0 Å². The highest BCUT2D eigenvalue weighted by Crippen LogP contribution is 2.72. The molecule has 0 aromatic rings. The van der Waals surface area contributed by atoms with Crippen LogP contribution in [0.3, 0.4) is 0 Å². The van der Waals surface area contributed by atoms with E-state index in [0.29, 0.717) is 0 Å². The third kappa shape index (κ3) is 2.33. The van der Waals surface area contributed by atoms with Gasteiger partial charge in [0.15, 0.2) is 0 Å². The Labute approximate surface area is 86.3 Å². The van der Waals surface area contributed by atoms with E-state index in [1.165, 1.54) is 0 Å². The van der Waals surface area contributed by atoms with Gasteiger partial charge in [-0.3, -0.25) is 9.13 Å². The third-order valence-corrected chi connectivity index (χ3v) is 6.03. The van der Waals surface area contributed by atoms with E-state index in [-0.39, 0.29) is 12.8 Å². The van der Waals surface area contributed by atoms with Crippen LogP contribution in [0.5, 0.6) is 0 Å². The summed E-state index contributed by atoms with van der Waals surface area (Å²) in [5.74, 6) is 0. The average molecular weight is 257 g/mol. The maximum atomic E-state index is 11.2. The van der Waals surface area contributed by atoms with E-state index < -0.39 is 26.0 Å². The maximum absolute atomic E-state index is 11.2. The van der Waals surface area contributed by atoms with Crippen molar-refractivity contribution in [2.75, 3.05) is 0 Å². The molecule has 6 N–H and O–H groups in total. The lowest BCUT2D eigenvalue weighted by molar-refractivity contribution is 0.333. The molecule has 1 unspecified atom stereocenters. The minimum atomic E-state index is -4.61. The molecule has 88 valence electrons. The smallest absolute Gasteiger partial charge is 0.333 e. The van der Waals surface area contributed by atoms with Crippen LogP contribution < -0.4 is 5.73 Å². The maximum Gasteiger partial charge on any atom is 0.333 e. The van der Waals surface area contributed by atoms with Crippen molar-refractivity contribution in [2.24, 2.45) is 5.73 Å². The zero-order valence-electron chi connectivity index (χ0n) is 7.72. The van der Waals surface area contributed by atoms with Gasteiger partial charge in [-0.2, -0.15) is 0 Å². The number of nitrogens with two attached hydrogens (primary N) is 1. The van der Waals surface area contributed by atoms with Gasteiger partial charge in [-0.25, -0.2) is 0 Å². The van der Waals surface area contributed by atoms with Crippen LogP contribution in [-0.2, 0) is 9.13 Å². The van der Waals surface area contributed by atoms with Gasteiger partial charge in [-0.1, -0.05) is 6.08 Å². The highest BCUT2D eigenvalue weighted by molar-refractivity contribution is 7.58. The third-order valence-electron chi connectivity index (χ3n) is 2.55. The Morgan fingerprint density at radius 2 is 1.67 bits per heavy atom. The summed E-state index contributed by atoms with van der Waals surface area (Å²) in [6.07, 6.45) is 2.06. The molecule has 0 bridgehead atoms. The van der Waals surface area contributed by atoms with Gasteiger partial charge in [0.05, 0.1) is 10.8 Å². The molecule has 1 aliphatic rings. The van der Waals surface area contributed by atoms with E-state index in [4.69, 9.17) is 25.3 Å². The van der Waals surface area contributed by atoms with Crippen molar-refractivity contribution in [2.45, 2.75) is 23.7 Å². The second-order valence-electron chi connectivity index (χ2n) is 3.57. The molecule has 1 fully saturated rings. The number of hydrogen-bond acceptors (Lipinski definition) is 3. The lowest BCUT2D eigenvalue weighted by Gasteiger charge is -2.25. The van der Waals surface area contributed by atoms with Crippen LogP contribution in [-0.4, -0.2) is 30.4 Å². The van der Waals surface area contributed by atoms with Gasteiger partial charge < -0.3 is 25.3 Å². The van der Waals surface area contributed by atoms with E-state index in [0.717, 1.165) is 12.3 Å². The molecular weight excluding hydrogens is 244 g/mol.